The minimum atomic E-state index is -0.358. The third-order valence-corrected chi connectivity index (χ3v) is 3.75. The van der Waals surface area contributed by atoms with Crippen molar-refractivity contribution in [3.8, 4) is 0 Å². The van der Waals surface area contributed by atoms with Gasteiger partial charge in [0.2, 0.25) is 5.91 Å². The Hall–Kier alpha value is -2.30. The summed E-state index contributed by atoms with van der Waals surface area (Å²) in [6.45, 7) is 3.74. The molecule has 0 radical (unpaired) electrons. The van der Waals surface area contributed by atoms with Crippen molar-refractivity contribution in [2.75, 3.05) is 5.32 Å². The van der Waals surface area contributed by atoms with Crippen LogP contribution in [0.25, 0.3) is 6.08 Å². The van der Waals surface area contributed by atoms with Crippen molar-refractivity contribution in [3.63, 3.8) is 0 Å². The van der Waals surface area contributed by atoms with Crippen molar-refractivity contribution in [2.45, 2.75) is 19.9 Å². The summed E-state index contributed by atoms with van der Waals surface area (Å²) in [5, 5.41) is 6.41. The summed E-state index contributed by atoms with van der Waals surface area (Å²) in [5.41, 5.74) is 1.60. The monoisotopic (exact) mass is 376 g/mol. The van der Waals surface area contributed by atoms with E-state index >= 15 is 0 Å². The highest BCUT2D eigenvalue weighted by atomic mass is 35.5. The van der Waals surface area contributed by atoms with E-state index in [1.165, 1.54) is 6.08 Å². The lowest BCUT2D eigenvalue weighted by Crippen LogP contribution is -2.30. The van der Waals surface area contributed by atoms with Crippen LogP contribution in [-0.2, 0) is 4.79 Å². The second kappa shape index (κ2) is 8.70. The highest BCUT2D eigenvalue weighted by Crippen LogP contribution is 2.23. The molecule has 25 heavy (non-hydrogen) atoms. The smallest absolute Gasteiger partial charge is 0.251 e. The van der Waals surface area contributed by atoms with E-state index in [1.54, 1.807) is 42.5 Å². The van der Waals surface area contributed by atoms with Gasteiger partial charge in [0.1, 0.15) is 0 Å². The fraction of sp³-hybridized carbons (Fsp3) is 0.158. The summed E-state index contributed by atoms with van der Waals surface area (Å²) in [5.74, 6) is -0.583. The van der Waals surface area contributed by atoms with E-state index < -0.39 is 0 Å². The topological polar surface area (TPSA) is 58.2 Å². The van der Waals surface area contributed by atoms with Crippen molar-refractivity contribution in [1.29, 1.82) is 0 Å². The number of halogens is 2. The fourth-order valence-corrected chi connectivity index (χ4v) is 2.43. The molecule has 0 aliphatic rings. The van der Waals surface area contributed by atoms with E-state index in [9.17, 15) is 9.59 Å². The van der Waals surface area contributed by atoms with Crippen molar-refractivity contribution in [3.05, 3.63) is 69.7 Å². The Balaban J connectivity index is 2.10. The molecule has 0 bridgehead atoms. The predicted molar refractivity (Wildman–Crippen MR) is 103 cm³/mol. The van der Waals surface area contributed by atoms with Gasteiger partial charge in [-0.2, -0.15) is 0 Å². The summed E-state index contributed by atoms with van der Waals surface area (Å²) in [7, 11) is 0. The van der Waals surface area contributed by atoms with E-state index in [-0.39, 0.29) is 17.9 Å². The zero-order valence-electron chi connectivity index (χ0n) is 13.8. The highest BCUT2D eigenvalue weighted by Gasteiger charge is 2.11. The fourth-order valence-electron chi connectivity index (χ4n) is 2.06. The van der Waals surface area contributed by atoms with Gasteiger partial charge in [-0.25, -0.2) is 0 Å². The van der Waals surface area contributed by atoms with Crippen LogP contribution in [0.2, 0.25) is 10.0 Å². The van der Waals surface area contributed by atoms with Gasteiger partial charge in [0.25, 0.3) is 5.91 Å². The lowest BCUT2D eigenvalue weighted by atomic mass is 10.1. The van der Waals surface area contributed by atoms with Gasteiger partial charge in [-0.05, 0) is 55.8 Å². The molecular weight excluding hydrogens is 359 g/mol. The molecule has 2 amide bonds. The number of hydrogen-bond donors (Lipinski definition) is 2. The Kier molecular flexibility index (Phi) is 6.62. The zero-order chi connectivity index (χ0) is 18.4. The van der Waals surface area contributed by atoms with Crippen LogP contribution in [0, 0.1) is 0 Å². The van der Waals surface area contributed by atoms with Crippen LogP contribution in [0.5, 0.6) is 0 Å². The molecule has 2 rings (SSSR count). The number of amides is 2. The van der Waals surface area contributed by atoms with Crippen LogP contribution in [-0.4, -0.2) is 17.9 Å². The maximum absolute atomic E-state index is 12.1. The number of rotatable bonds is 5. The molecule has 0 saturated carbocycles. The lowest BCUT2D eigenvalue weighted by Gasteiger charge is -2.11. The SMILES string of the molecule is CC(C)NC(=O)c1ccc(Cl)c(NC(=O)C=Cc2cccc(Cl)c2)c1. The van der Waals surface area contributed by atoms with Crippen LogP contribution in [0.4, 0.5) is 5.69 Å². The summed E-state index contributed by atoms with van der Waals surface area (Å²) >= 11 is 12.0. The molecule has 130 valence electrons. The minimum absolute atomic E-state index is 0.0156. The van der Waals surface area contributed by atoms with Gasteiger partial charge in [0, 0.05) is 22.7 Å². The number of anilines is 1. The maximum Gasteiger partial charge on any atom is 0.251 e. The Morgan fingerprint density at radius 2 is 1.84 bits per heavy atom. The standard InChI is InChI=1S/C19H18Cl2N2O2/c1-12(2)22-19(25)14-7-8-16(21)17(11-14)23-18(24)9-6-13-4-3-5-15(20)10-13/h3-12H,1-2H3,(H,22,25)(H,23,24). The van der Waals surface area contributed by atoms with Crippen LogP contribution < -0.4 is 10.6 Å². The van der Waals surface area contributed by atoms with Crippen LogP contribution in [0.3, 0.4) is 0 Å². The van der Waals surface area contributed by atoms with Crippen LogP contribution >= 0.6 is 23.2 Å². The molecule has 0 fully saturated rings. The second-order valence-electron chi connectivity index (χ2n) is 5.70. The van der Waals surface area contributed by atoms with Gasteiger partial charge in [-0.1, -0.05) is 35.3 Å². The van der Waals surface area contributed by atoms with Gasteiger partial charge in [-0.3, -0.25) is 9.59 Å². The molecule has 0 atom stereocenters. The molecule has 2 aromatic rings. The van der Waals surface area contributed by atoms with E-state index in [1.807, 2.05) is 19.9 Å². The van der Waals surface area contributed by atoms with Crippen molar-refractivity contribution in [2.24, 2.45) is 0 Å². The predicted octanol–water partition coefficient (Wildman–Crippen LogP) is 4.78. The Labute approximate surface area is 156 Å². The van der Waals surface area contributed by atoms with Gasteiger partial charge in [0.05, 0.1) is 10.7 Å². The second-order valence-corrected chi connectivity index (χ2v) is 6.54. The van der Waals surface area contributed by atoms with Gasteiger partial charge < -0.3 is 10.6 Å². The van der Waals surface area contributed by atoms with E-state index in [2.05, 4.69) is 10.6 Å². The summed E-state index contributed by atoms with van der Waals surface area (Å²) in [6, 6.07) is 11.9. The molecule has 0 aromatic heterocycles. The molecular formula is C19H18Cl2N2O2. The minimum Gasteiger partial charge on any atom is -0.350 e. The Morgan fingerprint density at radius 3 is 2.52 bits per heavy atom. The largest absolute Gasteiger partial charge is 0.350 e. The summed E-state index contributed by atoms with van der Waals surface area (Å²) in [6.07, 6.45) is 3.02. The molecule has 0 unspecified atom stereocenters. The number of nitrogens with one attached hydrogen (secondary N) is 2. The van der Waals surface area contributed by atoms with Crippen LogP contribution in [0.1, 0.15) is 29.8 Å². The van der Waals surface area contributed by atoms with Crippen molar-refractivity contribution < 1.29 is 9.59 Å². The molecule has 0 aliphatic heterocycles. The van der Waals surface area contributed by atoms with E-state index in [0.717, 1.165) is 5.56 Å². The molecule has 6 heteroatoms. The first-order valence-electron chi connectivity index (χ1n) is 7.70. The normalized spacial score (nSPS) is 10.9. The molecule has 4 nitrogen and oxygen atoms in total. The van der Waals surface area contributed by atoms with Crippen LogP contribution in [0.15, 0.2) is 48.5 Å². The highest BCUT2D eigenvalue weighted by molar-refractivity contribution is 6.34. The molecule has 2 aromatic carbocycles. The number of hydrogen-bond acceptors (Lipinski definition) is 2. The third kappa shape index (κ3) is 5.93. The van der Waals surface area contributed by atoms with E-state index in [4.69, 9.17) is 23.2 Å². The average Bonchev–Trinajstić information content (AvgIpc) is 2.54. The first kappa shape index (κ1) is 19.0. The first-order valence-corrected chi connectivity index (χ1v) is 8.46. The summed E-state index contributed by atoms with van der Waals surface area (Å²) in [4.78, 5) is 24.1. The van der Waals surface area contributed by atoms with Crippen molar-refractivity contribution in [1.82, 2.24) is 5.32 Å². The Morgan fingerprint density at radius 1 is 1.08 bits per heavy atom. The molecule has 0 aliphatic carbocycles. The number of carbonyl (C=O) groups excluding carboxylic acids is 2. The molecule has 2 N–H and O–H groups in total. The number of benzene rings is 2. The Bertz CT molecular complexity index is 817. The van der Waals surface area contributed by atoms with Gasteiger partial charge >= 0.3 is 0 Å². The molecule has 0 heterocycles. The van der Waals surface area contributed by atoms with Gasteiger partial charge in [-0.15, -0.1) is 0 Å². The number of carbonyl (C=O) groups is 2. The quantitative estimate of drug-likeness (QED) is 0.737. The summed E-state index contributed by atoms with van der Waals surface area (Å²) < 4.78 is 0. The van der Waals surface area contributed by atoms with Crippen molar-refractivity contribution >= 4 is 46.8 Å². The first-order chi connectivity index (χ1) is 11.8. The third-order valence-electron chi connectivity index (χ3n) is 3.18. The zero-order valence-corrected chi connectivity index (χ0v) is 15.4. The van der Waals surface area contributed by atoms with E-state index in [0.29, 0.717) is 21.3 Å². The van der Waals surface area contributed by atoms with Gasteiger partial charge in [0.15, 0.2) is 0 Å². The lowest BCUT2D eigenvalue weighted by molar-refractivity contribution is -0.111. The maximum atomic E-state index is 12.1. The molecule has 0 spiro atoms. The molecule has 0 saturated heterocycles. The average molecular weight is 377 g/mol.